The highest BCUT2D eigenvalue weighted by Gasteiger charge is 2.34. The summed E-state index contributed by atoms with van der Waals surface area (Å²) in [6.45, 7) is 12.2. The van der Waals surface area contributed by atoms with E-state index in [1.807, 2.05) is 62.1 Å². The predicted octanol–water partition coefficient (Wildman–Crippen LogP) is 9.35. The van der Waals surface area contributed by atoms with Crippen molar-refractivity contribution >= 4 is 68.1 Å². The van der Waals surface area contributed by atoms with E-state index in [0.29, 0.717) is 74.6 Å². The van der Waals surface area contributed by atoms with Gasteiger partial charge in [0.2, 0.25) is 6.29 Å². The number of likely N-dealkylation sites (tertiary alicyclic amines) is 2. The molecule has 6 aliphatic rings. The van der Waals surface area contributed by atoms with E-state index in [-0.39, 0.29) is 37.1 Å². The molecule has 22 heteroatoms. The molecule has 0 unspecified atom stereocenters. The molecule has 4 aromatic carbocycles. The maximum atomic E-state index is 13.8. The Balaban J connectivity index is 0.000000154. The fourth-order valence-electron chi connectivity index (χ4n) is 12.2. The lowest BCUT2D eigenvalue weighted by Crippen LogP contribution is -2.50. The number of nitrogens with one attached hydrogen (secondary N) is 1. The second-order valence-electron chi connectivity index (χ2n) is 24.4. The van der Waals surface area contributed by atoms with E-state index in [2.05, 4.69) is 60.0 Å². The van der Waals surface area contributed by atoms with Gasteiger partial charge < -0.3 is 63.5 Å². The van der Waals surface area contributed by atoms with Gasteiger partial charge in [-0.05, 0) is 144 Å². The van der Waals surface area contributed by atoms with Crippen molar-refractivity contribution in [3.8, 4) is 34.5 Å². The molecule has 8 aromatic rings. The summed E-state index contributed by atoms with van der Waals surface area (Å²) in [5.74, 6) is 4.38. The van der Waals surface area contributed by atoms with E-state index in [9.17, 15) is 37.8 Å². The van der Waals surface area contributed by atoms with Gasteiger partial charge in [0.1, 0.15) is 41.3 Å². The maximum absolute atomic E-state index is 13.8. The van der Waals surface area contributed by atoms with Gasteiger partial charge in [-0.15, -0.1) is 0 Å². The average Bonchev–Trinajstić information content (AvgIpc) is 1.68. The topological polar surface area (TPSA) is 226 Å². The molecule has 3 amide bonds. The molecule has 448 valence electrons. The Labute approximate surface area is 488 Å². The van der Waals surface area contributed by atoms with Crippen molar-refractivity contribution < 1.29 is 56.8 Å². The van der Waals surface area contributed by atoms with Gasteiger partial charge in [-0.3, -0.25) is 14.4 Å². The summed E-state index contributed by atoms with van der Waals surface area (Å²) in [6.07, 6.45) is 2.26. The molecule has 85 heavy (non-hydrogen) atoms. The number of amides is 3. The molecule has 0 radical (unpaired) electrons. The largest absolute Gasteiger partial charge is 0.489 e. The Morgan fingerprint density at radius 2 is 1.14 bits per heavy atom. The van der Waals surface area contributed by atoms with Crippen molar-refractivity contribution in [1.29, 1.82) is 0 Å². The van der Waals surface area contributed by atoms with Crippen molar-refractivity contribution in [2.24, 2.45) is 17.6 Å². The molecular weight excluding hydrogens is 1100 g/mol. The van der Waals surface area contributed by atoms with Crippen LogP contribution in [0.1, 0.15) is 104 Å². The van der Waals surface area contributed by atoms with Crippen LogP contribution in [-0.2, 0) is 48.9 Å². The fourth-order valence-corrected chi connectivity index (χ4v) is 12.2. The fraction of sp³-hybridized carbons (Fsp3) is 0.460. The Bertz CT molecular complexity index is 3880. The van der Waals surface area contributed by atoms with Crippen LogP contribution in [0.2, 0.25) is 0 Å². The van der Waals surface area contributed by atoms with Crippen molar-refractivity contribution in [3.05, 3.63) is 95.1 Å². The minimum Gasteiger partial charge on any atom is -0.489 e. The van der Waals surface area contributed by atoms with Crippen LogP contribution in [0.15, 0.2) is 72.8 Å². The van der Waals surface area contributed by atoms with Gasteiger partial charge in [0.25, 0.3) is 11.8 Å². The third-order valence-electron chi connectivity index (χ3n) is 16.6. The number of benzene rings is 4. The molecule has 2 atom stereocenters. The molecule has 8 heterocycles. The van der Waals surface area contributed by atoms with Crippen LogP contribution in [0, 0.1) is 11.8 Å². The molecule has 0 bridgehead atoms. The van der Waals surface area contributed by atoms with Gasteiger partial charge >= 0.3 is 12.3 Å². The number of alkyl carbamates (subject to hydrolysis) is 1. The van der Waals surface area contributed by atoms with Crippen LogP contribution in [0.3, 0.4) is 0 Å². The zero-order valence-corrected chi connectivity index (χ0v) is 48.0. The number of nitrogens with zero attached hydrogens (tertiary/aromatic N) is 8. The van der Waals surface area contributed by atoms with Crippen LogP contribution < -0.4 is 20.5 Å². The van der Waals surface area contributed by atoms with Gasteiger partial charge in [-0.1, -0.05) is 24.3 Å². The Morgan fingerprint density at radius 3 is 1.58 bits per heavy atom. The summed E-state index contributed by atoms with van der Waals surface area (Å²) < 4.78 is 58.0. The van der Waals surface area contributed by atoms with E-state index in [1.54, 1.807) is 4.90 Å². The third kappa shape index (κ3) is 12.3. The number of alkyl halides is 3. The second kappa shape index (κ2) is 23.1. The number of hydrogen-bond donors (Lipinski definition) is 4. The summed E-state index contributed by atoms with van der Waals surface area (Å²) in [7, 11) is 0. The first-order chi connectivity index (χ1) is 40.8. The highest BCUT2D eigenvalue weighted by Crippen LogP contribution is 2.42. The van der Waals surface area contributed by atoms with Gasteiger partial charge in [-0.2, -0.15) is 13.2 Å². The molecular formula is C63H71F3N10O9. The summed E-state index contributed by atoms with van der Waals surface area (Å²) in [6, 6.07) is 24.0. The minimum absolute atomic E-state index is 0.00469. The number of halogens is 3. The number of hydrogen-bond acceptors (Lipinski definition) is 12. The van der Waals surface area contributed by atoms with Crippen molar-refractivity contribution in [2.75, 3.05) is 39.4 Å². The van der Waals surface area contributed by atoms with E-state index in [0.717, 1.165) is 129 Å². The van der Waals surface area contributed by atoms with E-state index < -0.39 is 24.2 Å². The van der Waals surface area contributed by atoms with Crippen LogP contribution >= 0.6 is 0 Å². The molecule has 4 fully saturated rings. The van der Waals surface area contributed by atoms with Gasteiger partial charge in [0.05, 0.1) is 48.7 Å². The lowest BCUT2D eigenvalue weighted by Gasteiger charge is -2.33. The van der Waals surface area contributed by atoms with Crippen molar-refractivity contribution in [2.45, 2.75) is 135 Å². The van der Waals surface area contributed by atoms with Crippen molar-refractivity contribution in [1.82, 2.24) is 43.4 Å². The SMILES string of the molecule is CC(C)(C)OC(=O)N[C@@H]1CCCN(C(=O)c2cc3c4c(c2)nc(-c2cc5ccc(CO)cc5n2CC2CC2)n4CCO3)C1.N[C@@H]1CCCN(C(=O)c2cc3c4c(c2)nc(-c2cc5ccc(CO)cc5n2CC2CC2)n4CCO3)C1.O=CC(F)(F)F. The molecule has 5 N–H and O–H groups in total. The number of ether oxygens (including phenoxy) is 3. The lowest BCUT2D eigenvalue weighted by atomic mass is 10.0. The number of nitrogens with two attached hydrogens (primary N) is 1. The summed E-state index contributed by atoms with van der Waals surface area (Å²) in [5.41, 5.74) is 16.2. The molecule has 19 nitrogen and oxygen atoms in total. The van der Waals surface area contributed by atoms with Crippen LogP contribution in [-0.4, -0.2) is 136 Å². The second-order valence-corrected chi connectivity index (χ2v) is 24.4. The molecule has 2 saturated heterocycles. The highest BCUT2D eigenvalue weighted by atomic mass is 19.4. The van der Waals surface area contributed by atoms with E-state index in [4.69, 9.17) is 34.7 Å². The molecule has 4 aromatic heterocycles. The zero-order chi connectivity index (χ0) is 59.5. The Hall–Kier alpha value is -7.95. The van der Waals surface area contributed by atoms with Crippen molar-refractivity contribution in [3.63, 3.8) is 0 Å². The first kappa shape index (κ1) is 57.5. The van der Waals surface area contributed by atoms with Gasteiger partial charge in [-0.25, -0.2) is 14.8 Å². The smallest absolute Gasteiger partial charge is 0.446 e. The Kier molecular flexibility index (Phi) is 15.6. The van der Waals surface area contributed by atoms with E-state index in [1.165, 1.54) is 25.7 Å². The summed E-state index contributed by atoms with van der Waals surface area (Å²) in [5, 5.41) is 24.7. The standard InChI is InChI=1S/C33H39N5O5.C28H31N5O3.C2HF3O/c1-33(2,3)43-32(41)34-24-5-4-10-36(18-24)31(40)23-14-25-29-28(16-23)42-12-11-37(29)30(35-25)27-15-22-9-8-21(19-39)13-26(22)38(27)17-20-6-7-20;29-21-2-1-7-31(15-21)28(35)20-11-22-26-25(13-20)36-9-8-32(26)27(30-22)24-12-19-6-5-18(16-34)10-23(19)33(24)14-17-3-4-17;3-2(4,5)1-6/h8-9,13-16,20,24,39H,4-7,10-12,17-19H2,1-3H3,(H,34,41);5-6,10-13,17,21,34H,1-4,7-9,14-16,29H2;1H/t24-;21-;/m11./s1. The highest BCUT2D eigenvalue weighted by molar-refractivity contribution is 6.02. The summed E-state index contributed by atoms with van der Waals surface area (Å²) >= 11 is 0. The number of rotatable bonds is 11. The predicted molar refractivity (Wildman–Crippen MR) is 313 cm³/mol. The van der Waals surface area contributed by atoms with E-state index >= 15 is 0 Å². The number of aliphatic hydroxyl groups is 2. The number of aromatic nitrogens is 6. The molecule has 14 rings (SSSR count). The number of aliphatic hydroxyl groups excluding tert-OH is 2. The molecule has 4 aliphatic heterocycles. The van der Waals surface area contributed by atoms with Gasteiger partial charge in [0, 0.05) is 84.3 Å². The summed E-state index contributed by atoms with van der Waals surface area (Å²) in [4.78, 5) is 62.1. The first-order valence-electron chi connectivity index (χ1n) is 29.5. The monoisotopic (exact) mass is 1170 g/mol. The number of aldehydes is 1. The number of piperidine rings is 2. The zero-order valence-electron chi connectivity index (χ0n) is 48.0. The number of imidazole rings is 2. The number of carbonyl (C=O) groups is 4. The number of carbonyl (C=O) groups excluding carboxylic acids is 4. The average molecular weight is 1170 g/mol. The number of fused-ring (bicyclic) bond motifs is 2. The first-order valence-corrected chi connectivity index (χ1v) is 29.5. The van der Waals surface area contributed by atoms with Gasteiger partial charge in [0.15, 0.2) is 11.6 Å². The Morgan fingerprint density at radius 1 is 0.671 bits per heavy atom. The maximum Gasteiger partial charge on any atom is 0.446 e. The minimum atomic E-state index is -4.64. The van der Waals surface area contributed by atoms with Crippen LogP contribution in [0.4, 0.5) is 18.0 Å². The molecule has 2 aliphatic carbocycles. The quantitative estimate of drug-likeness (QED) is 0.0889. The third-order valence-corrected chi connectivity index (χ3v) is 16.6. The van der Waals surface area contributed by atoms with Crippen LogP contribution in [0.25, 0.3) is 66.9 Å². The lowest BCUT2D eigenvalue weighted by molar-refractivity contribution is -0.156. The normalized spacial score (nSPS) is 18.6. The van der Waals surface area contributed by atoms with Crippen LogP contribution in [0.5, 0.6) is 11.5 Å². The molecule has 2 saturated carbocycles. The molecule has 0 spiro atoms.